The molecule has 0 unspecified atom stereocenters. The van der Waals surface area contributed by atoms with Crippen LogP contribution in [-0.4, -0.2) is 68.0 Å². The Morgan fingerprint density at radius 2 is 2.00 bits per heavy atom. The average molecular weight is 379 g/mol. The maximum atomic E-state index is 11.9. The molecule has 0 atom stereocenters. The summed E-state index contributed by atoms with van der Waals surface area (Å²) in [5, 5.41) is 7.92. The molecule has 138 valence electrons. The number of methoxy groups -OCH3 is 1. The molecule has 0 spiro atoms. The van der Waals surface area contributed by atoms with Crippen molar-refractivity contribution in [3.8, 4) is 0 Å². The molecule has 0 aliphatic carbocycles. The molecule has 24 heavy (non-hydrogen) atoms. The van der Waals surface area contributed by atoms with E-state index in [-0.39, 0.29) is 6.54 Å². The van der Waals surface area contributed by atoms with Gasteiger partial charge in [-0.3, -0.25) is 4.99 Å². The standard InChI is InChI=1S/C14H26N4O4S2/c1-15-14(16-6-4-9-22-11-10-21-2)17-7-8-18-24(19,20)13-5-3-12-23-13/h3,5,12,18H,4,6-11H2,1-2H3,(H2,15,16,17). The van der Waals surface area contributed by atoms with E-state index in [0.29, 0.717) is 43.1 Å². The Hall–Kier alpha value is -1.20. The zero-order chi connectivity index (χ0) is 17.7. The van der Waals surface area contributed by atoms with Gasteiger partial charge in [0.05, 0.1) is 13.2 Å². The molecule has 1 aromatic rings. The van der Waals surface area contributed by atoms with Crippen molar-refractivity contribution in [2.24, 2.45) is 4.99 Å². The maximum Gasteiger partial charge on any atom is 0.250 e. The highest BCUT2D eigenvalue weighted by Crippen LogP contribution is 2.14. The molecular formula is C14H26N4O4S2. The fourth-order valence-electron chi connectivity index (χ4n) is 1.70. The number of aliphatic imine (C=N–C) groups is 1. The van der Waals surface area contributed by atoms with Crippen molar-refractivity contribution in [1.29, 1.82) is 0 Å². The first-order chi connectivity index (χ1) is 11.6. The Bertz CT molecular complexity index is 561. The minimum Gasteiger partial charge on any atom is -0.382 e. The van der Waals surface area contributed by atoms with Crippen LogP contribution in [0.1, 0.15) is 6.42 Å². The van der Waals surface area contributed by atoms with Gasteiger partial charge in [0.1, 0.15) is 4.21 Å². The number of nitrogens with one attached hydrogen (secondary N) is 3. The summed E-state index contributed by atoms with van der Waals surface area (Å²) in [6.45, 7) is 3.27. The van der Waals surface area contributed by atoms with E-state index in [1.807, 2.05) is 0 Å². The third-order valence-corrected chi connectivity index (χ3v) is 5.74. The van der Waals surface area contributed by atoms with Gasteiger partial charge in [-0.15, -0.1) is 11.3 Å². The van der Waals surface area contributed by atoms with Gasteiger partial charge >= 0.3 is 0 Å². The molecule has 0 fully saturated rings. The number of hydrogen-bond donors (Lipinski definition) is 3. The summed E-state index contributed by atoms with van der Waals surface area (Å²) in [4.78, 5) is 4.08. The van der Waals surface area contributed by atoms with E-state index in [0.717, 1.165) is 6.42 Å². The van der Waals surface area contributed by atoms with Crippen LogP contribution < -0.4 is 15.4 Å². The second-order valence-electron chi connectivity index (χ2n) is 4.71. The Kier molecular flexibility index (Phi) is 10.6. The number of nitrogens with zero attached hydrogens (tertiary/aromatic N) is 1. The fraction of sp³-hybridized carbons (Fsp3) is 0.643. The molecule has 10 heteroatoms. The van der Waals surface area contributed by atoms with Crippen LogP contribution in [-0.2, 0) is 19.5 Å². The highest BCUT2D eigenvalue weighted by molar-refractivity contribution is 7.91. The van der Waals surface area contributed by atoms with Crippen molar-refractivity contribution >= 4 is 27.3 Å². The maximum absolute atomic E-state index is 11.9. The lowest BCUT2D eigenvalue weighted by atomic mass is 10.4. The van der Waals surface area contributed by atoms with Crippen molar-refractivity contribution in [3.63, 3.8) is 0 Å². The zero-order valence-corrected chi connectivity index (χ0v) is 15.7. The minimum atomic E-state index is -3.41. The molecule has 0 saturated heterocycles. The molecule has 0 aliphatic heterocycles. The minimum absolute atomic E-state index is 0.279. The van der Waals surface area contributed by atoms with Crippen molar-refractivity contribution in [3.05, 3.63) is 17.5 Å². The van der Waals surface area contributed by atoms with Crippen LogP contribution >= 0.6 is 11.3 Å². The van der Waals surface area contributed by atoms with Crippen LogP contribution in [0.4, 0.5) is 0 Å². The Morgan fingerprint density at radius 1 is 1.21 bits per heavy atom. The SMILES string of the molecule is CN=C(NCCCOCCOC)NCCNS(=O)(=O)c1cccs1. The van der Waals surface area contributed by atoms with Gasteiger partial charge in [-0.2, -0.15) is 0 Å². The van der Waals surface area contributed by atoms with Gasteiger partial charge in [-0.25, -0.2) is 13.1 Å². The lowest BCUT2D eigenvalue weighted by Crippen LogP contribution is -2.41. The van der Waals surface area contributed by atoms with Gasteiger partial charge in [0.2, 0.25) is 10.0 Å². The monoisotopic (exact) mass is 378 g/mol. The summed E-state index contributed by atoms with van der Waals surface area (Å²) >= 11 is 1.19. The number of rotatable bonds is 12. The van der Waals surface area contributed by atoms with Crippen molar-refractivity contribution in [2.75, 3.05) is 53.6 Å². The van der Waals surface area contributed by atoms with Crippen molar-refractivity contribution < 1.29 is 17.9 Å². The normalized spacial score (nSPS) is 12.3. The molecule has 0 bridgehead atoms. The quantitative estimate of drug-likeness (QED) is 0.274. The van der Waals surface area contributed by atoms with Crippen LogP contribution in [0.15, 0.2) is 26.7 Å². The van der Waals surface area contributed by atoms with Crippen LogP contribution in [0.2, 0.25) is 0 Å². The van der Waals surface area contributed by atoms with Crippen LogP contribution in [0.25, 0.3) is 0 Å². The van der Waals surface area contributed by atoms with E-state index in [1.165, 1.54) is 11.3 Å². The molecule has 0 aromatic carbocycles. The zero-order valence-electron chi connectivity index (χ0n) is 14.1. The molecule has 1 rings (SSSR count). The summed E-state index contributed by atoms with van der Waals surface area (Å²) in [5.41, 5.74) is 0. The Labute approximate surface area is 147 Å². The molecular weight excluding hydrogens is 352 g/mol. The molecule has 1 aromatic heterocycles. The molecule has 0 radical (unpaired) electrons. The van der Waals surface area contributed by atoms with Crippen LogP contribution in [0.5, 0.6) is 0 Å². The van der Waals surface area contributed by atoms with Gasteiger partial charge in [0, 0.05) is 40.4 Å². The number of thiophene rings is 1. The highest BCUT2D eigenvalue weighted by Gasteiger charge is 2.13. The van der Waals surface area contributed by atoms with E-state index >= 15 is 0 Å². The predicted molar refractivity (Wildman–Crippen MR) is 96.2 cm³/mol. The molecule has 0 saturated carbocycles. The van der Waals surface area contributed by atoms with Crippen molar-refractivity contribution in [1.82, 2.24) is 15.4 Å². The summed E-state index contributed by atoms with van der Waals surface area (Å²) < 4.78 is 37.0. The molecule has 3 N–H and O–H groups in total. The lowest BCUT2D eigenvalue weighted by Gasteiger charge is -2.12. The predicted octanol–water partition coefficient (Wildman–Crippen LogP) is 0.245. The first kappa shape index (κ1) is 20.8. The first-order valence-corrected chi connectivity index (χ1v) is 10.0. The van der Waals surface area contributed by atoms with Gasteiger partial charge in [0.15, 0.2) is 5.96 Å². The summed E-state index contributed by atoms with van der Waals surface area (Å²) in [7, 11) is -0.105. The number of sulfonamides is 1. The topological polar surface area (TPSA) is 101 Å². The van der Waals surface area contributed by atoms with Gasteiger partial charge in [-0.1, -0.05) is 6.07 Å². The van der Waals surface area contributed by atoms with E-state index in [4.69, 9.17) is 9.47 Å². The lowest BCUT2D eigenvalue weighted by molar-refractivity contribution is 0.0698. The van der Waals surface area contributed by atoms with E-state index in [2.05, 4.69) is 20.3 Å². The molecule has 1 heterocycles. The largest absolute Gasteiger partial charge is 0.382 e. The molecule has 8 nitrogen and oxygen atoms in total. The van der Waals surface area contributed by atoms with Gasteiger partial charge in [0.25, 0.3) is 0 Å². The third kappa shape index (κ3) is 8.60. The van der Waals surface area contributed by atoms with Crippen molar-refractivity contribution in [2.45, 2.75) is 10.6 Å². The second kappa shape index (κ2) is 12.2. The summed E-state index contributed by atoms with van der Waals surface area (Å²) in [6.07, 6.45) is 0.843. The number of ether oxygens (including phenoxy) is 2. The summed E-state index contributed by atoms with van der Waals surface area (Å²) in [6, 6.07) is 3.29. The highest BCUT2D eigenvalue weighted by atomic mass is 32.2. The average Bonchev–Trinajstić information content (AvgIpc) is 3.11. The van der Waals surface area contributed by atoms with Gasteiger partial charge < -0.3 is 20.1 Å². The molecule has 0 aliphatic rings. The van der Waals surface area contributed by atoms with E-state index < -0.39 is 10.0 Å². The van der Waals surface area contributed by atoms with E-state index in [9.17, 15) is 8.42 Å². The Balaban J connectivity index is 2.12. The van der Waals surface area contributed by atoms with Crippen LogP contribution in [0, 0.1) is 0 Å². The number of guanidine groups is 1. The second-order valence-corrected chi connectivity index (χ2v) is 7.66. The third-order valence-electron chi connectivity index (χ3n) is 2.88. The summed E-state index contributed by atoms with van der Waals surface area (Å²) in [5.74, 6) is 0.627. The van der Waals surface area contributed by atoms with Crippen LogP contribution in [0.3, 0.4) is 0 Å². The van der Waals surface area contributed by atoms with E-state index in [1.54, 1.807) is 31.7 Å². The van der Waals surface area contributed by atoms with Gasteiger partial charge in [-0.05, 0) is 17.9 Å². The molecule has 0 amide bonds. The number of hydrogen-bond acceptors (Lipinski definition) is 6. The fourth-order valence-corrected chi connectivity index (χ4v) is 3.77. The first-order valence-electron chi connectivity index (χ1n) is 7.64. The Morgan fingerprint density at radius 3 is 2.67 bits per heavy atom. The smallest absolute Gasteiger partial charge is 0.250 e.